The molecular formula is C13H16F2N2O2. The van der Waals surface area contributed by atoms with Gasteiger partial charge in [-0.2, -0.15) is 8.78 Å². The molecule has 0 spiro atoms. The van der Waals surface area contributed by atoms with E-state index in [1.807, 2.05) is 0 Å². The van der Waals surface area contributed by atoms with Crippen molar-refractivity contribution < 1.29 is 18.3 Å². The van der Waals surface area contributed by atoms with Crippen molar-refractivity contribution in [1.29, 1.82) is 0 Å². The summed E-state index contributed by atoms with van der Waals surface area (Å²) in [7, 11) is 0. The van der Waals surface area contributed by atoms with Gasteiger partial charge in [0.2, 0.25) is 0 Å². The van der Waals surface area contributed by atoms with Crippen molar-refractivity contribution in [1.82, 2.24) is 4.90 Å². The molecule has 4 nitrogen and oxygen atoms in total. The van der Waals surface area contributed by atoms with Crippen molar-refractivity contribution >= 4 is 11.7 Å². The minimum absolute atomic E-state index is 0.0115. The molecule has 0 aromatic heterocycles. The minimum Gasteiger partial charge on any atom is -0.433 e. The van der Waals surface area contributed by atoms with Gasteiger partial charge < -0.3 is 15.0 Å². The Labute approximate surface area is 110 Å². The molecule has 0 unspecified atom stereocenters. The molecule has 104 valence electrons. The molecule has 1 N–H and O–H groups in total. The van der Waals surface area contributed by atoms with Crippen LogP contribution in [0.2, 0.25) is 0 Å². The molecule has 1 fully saturated rings. The summed E-state index contributed by atoms with van der Waals surface area (Å²) < 4.78 is 29.1. The van der Waals surface area contributed by atoms with Crippen molar-refractivity contribution in [2.75, 3.05) is 18.4 Å². The third-order valence-electron chi connectivity index (χ3n) is 3.08. The van der Waals surface area contributed by atoms with Crippen LogP contribution in [0.15, 0.2) is 18.2 Å². The molecule has 1 saturated heterocycles. The Bertz CT molecular complexity index is 460. The van der Waals surface area contributed by atoms with Crippen LogP contribution in [0.1, 0.15) is 18.4 Å². The zero-order chi connectivity index (χ0) is 13.8. The molecule has 19 heavy (non-hydrogen) atoms. The number of urea groups is 1. The van der Waals surface area contributed by atoms with Crippen molar-refractivity contribution in [3.05, 3.63) is 23.8 Å². The van der Waals surface area contributed by atoms with Gasteiger partial charge in [0.05, 0.1) is 5.69 Å². The summed E-state index contributed by atoms with van der Waals surface area (Å²) in [6.07, 6.45) is 1.95. The fraction of sp³-hybridized carbons (Fsp3) is 0.462. The first-order valence-corrected chi connectivity index (χ1v) is 6.18. The van der Waals surface area contributed by atoms with Gasteiger partial charge in [0.25, 0.3) is 0 Å². The van der Waals surface area contributed by atoms with E-state index < -0.39 is 6.61 Å². The fourth-order valence-electron chi connectivity index (χ4n) is 2.10. The van der Waals surface area contributed by atoms with Crippen LogP contribution in [-0.2, 0) is 0 Å². The largest absolute Gasteiger partial charge is 0.433 e. The highest BCUT2D eigenvalue weighted by atomic mass is 19.3. The first kappa shape index (κ1) is 13.6. The summed E-state index contributed by atoms with van der Waals surface area (Å²) in [5.41, 5.74) is 0.991. The Morgan fingerprint density at radius 1 is 1.37 bits per heavy atom. The second-order valence-corrected chi connectivity index (χ2v) is 4.45. The molecule has 2 amide bonds. The van der Waals surface area contributed by atoms with Gasteiger partial charge in [-0.15, -0.1) is 0 Å². The maximum atomic E-state index is 12.3. The van der Waals surface area contributed by atoms with Gasteiger partial charge in [0.1, 0.15) is 5.75 Å². The number of carbonyl (C=O) groups is 1. The molecule has 1 heterocycles. The van der Waals surface area contributed by atoms with Gasteiger partial charge >= 0.3 is 12.6 Å². The number of amides is 2. The second kappa shape index (κ2) is 5.86. The van der Waals surface area contributed by atoms with Crippen LogP contribution in [0.3, 0.4) is 0 Å². The number of carbonyl (C=O) groups excluding carboxylic acids is 1. The maximum Gasteiger partial charge on any atom is 0.387 e. The van der Waals surface area contributed by atoms with Crippen LogP contribution < -0.4 is 10.1 Å². The number of hydrogen-bond donors (Lipinski definition) is 1. The lowest BCUT2D eigenvalue weighted by molar-refractivity contribution is -0.0493. The number of hydrogen-bond acceptors (Lipinski definition) is 2. The third-order valence-corrected chi connectivity index (χ3v) is 3.08. The number of anilines is 1. The van der Waals surface area contributed by atoms with E-state index in [-0.39, 0.29) is 11.8 Å². The Morgan fingerprint density at radius 2 is 2.05 bits per heavy atom. The molecule has 0 saturated carbocycles. The third kappa shape index (κ3) is 3.33. The molecule has 1 aromatic carbocycles. The van der Waals surface area contributed by atoms with E-state index in [4.69, 9.17) is 0 Å². The molecule has 0 atom stereocenters. The Balaban J connectivity index is 2.15. The van der Waals surface area contributed by atoms with Gasteiger partial charge in [-0.3, -0.25) is 0 Å². The first-order valence-electron chi connectivity index (χ1n) is 6.18. The second-order valence-electron chi connectivity index (χ2n) is 4.45. The SMILES string of the molecule is Cc1cccc(OC(F)F)c1NC(=O)N1CCCC1. The highest BCUT2D eigenvalue weighted by Crippen LogP contribution is 2.30. The van der Waals surface area contributed by atoms with Gasteiger partial charge in [-0.1, -0.05) is 12.1 Å². The standard InChI is InChI=1S/C13H16F2N2O2/c1-9-5-4-6-10(19-12(14)15)11(9)16-13(18)17-7-2-3-8-17/h4-6,12H,2-3,7-8H2,1H3,(H,16,18). The van der Waals surface area contributed by atoms with Gasteiger partial charge in [0, 0.05) is 13.1 Å². The lowest BCUT2D eigenvalue weighted by atomic mass is 10.2. The Kier molecular flexibility index (Phi) is 4.19. The fourth-order valence-corrected chi connectivity index (χ4v) is 2.10. The van der Waals surface area contributed by atoms with Crippen LogP contribution in [0, 0.1) is 6.92 Å². The number of halogens is 2. The number of ether oxygens (including phenoxy) is 1. The first-order chi connectivity index (χ1) is 9.08. The van der Waals surface area contributed by atoms with Crippen molar-refractivity contribution in [3.63, 3.8) is 0 Å². The number of rotatable bonds is 3. The zero-order valence-corrected chi connectivity index (χ0v) is 10.7. The summed E-state index contributed by atoms with van der Waals surface area (Å²) in [5, 5.41) is 2.65. The lowest BCUT2D eigenvalue weighted by Gasteiger charge is -2.19. The van der Waals surface area contributed by atoms with E-state index in [0.717, 1.165) is 12.8 Å². The van der Waals surface area contributed by atoms with Gasteiger partial charge in [-0.05, 0) is 31.4 Å². The molecule has 0 radical (unpaired) electrons. The topological polar surface area (TPSA) is 41.6 Å². The van der Waals surface area contributed by atoms with E-state index in [0.29, 0.717) is 24.3 Å². The normalized spacial score (nSPS) is 14.8. The number of para-hydroxylation sites is 1. The summed E-state index contributed by atoms with van der Waals surface area (Å²) in [4.78, 5) is 13.6. The number of nitrogens with zero attached hydrogens (tertiary/aromatic N) is 1. The molecule has 1 aromatic rings. The van der Waals surface area contributed by atoms with E-state index in [2.05, 4.69) is 10.1 Å². The number of nitrogens with one attached hydrogen (secondary N) is 1. The van der Waals surface area contributed by atoms with Gasteiger partial charge in [0.15, 0.2) is 0 Å². The van der Waals surface area contributed by atoms with Crippen molar-refractivity contribution in [2.24, 2.45) is 0 Å². The minimum atomic E-state index is -2.91. The highest BCUT2D eigenvalue weighted by Gasteiger charge is 2.20. The number of aryl methyl sites for hydroxylation is 1. The lowest BCUT2D eigenvalue weighted by Crippen LogP contribution is -2.32. The predicted molar refractivity (Wildman–Crippen MR) is 67.6 cm³/mol. The van der Waals surface area contributed by atoms with Gasteiger partial charge in [-0.25, -0.2) is 4.79 Å². The molecule has 1 aliphatic rings. The van der Waals surface area contributed by atoms with Crippen LogP contribution in [0.25, 0.3) is 0 Å². The molecule has 2 rings (SSSR count). The van der Waals surface area contributed by atoms with E-state index in [9.17, 15) is 13.6 Å². The zero-order valence-electron chi connectivity index (χ0n) is 10.7. The molecule has 0 bridgehead atoms. The average molecular weight is 270 g/mol. The number of benzene rings is 1. The average Bonchev–Trinajstić information content (AvgIpc) is 2.86. The smallest absolute Gasteiger partial charge is 0.387 e. The molecule has 1 aliphatic heterocycles. The van der Waals surface area contributed by atoms with Crippen LogP contribution >= 0.6 is 0 Å². The number of alkyl halides is 2. The summed E-state index contributed by atoms with van der Waals surface area (Å²) in [6.45, 7) is 0.216. The quantitative estimate of drug-likeness (QED) is 0.916. The van der Waals surface area contributed by atoms with Crippen molar-refractivity contribution in [3.8, 4) is 5.75 Å². The van der Waals surface area contributed by atoms with Crippen LogP contribution in [-0.4, -0.2) is 30.6 Å². The van der Waals surface area contributed by atoms with Crippen LogP contribution in [0.5, 0.6) is 5.75 Å². The molecular weight excluding hydrogens is 254 g/mol. The van der Waals surface area contributed by atoms with Crippen LogP contribution in [0.4, 0.5) is 19.3 Å². The Hall–Kier alpha value is -1.85. The van der Waals surface area contributed by atoms with Crippen molar-refractivity contribution in [2.45, 2.75) is 26.4 Å². The number of likely N-dealkylation sites (tertiary alicyclic amines) is 1. The summed E-state index contributed by atoms with van der Waals surface area (Å²) >= 11 is 0. The monoisotopic (exact) mass is 270 g/mol. The Morgan fingerprint density at radius 3 is 2.68 bits per heavy atom. The van der Waals surface area contributed by atoms with E-state index in [1.165, 1.54) is 6.07 Å². The molecule has 0 aliphatic carbocycles. The summed E-state index contributed by atoms with van der Waals surface area (Å²) in [6, 6.07) is 4.49. The maximum absolute atomic E-state index is 12.3. The highest BCUT2D eigenvalue weighted by molar-refractivity contribution is 5.92. The molecule has 6 heteroatoms. The summed E-state index contributed by atoms with van der Waals surface area (Å²) in [5.74, 6) is -0.0115. The predicted octanol–water partition coefficient (Wildman–Crippen LogP) is 3.22. The van der Waals surface area contributed by atoms with E-state index >= 15 is 0 Å². The van der Waals surface area contributed by atoms with E-state index in [1.54, 1.807) is 24.0 Å².